The zero-order chi connectivity index (χ0) is 14.2. The Labute approximate surface area is 112 Å². The predicted molar refractivity (Wildman–Crippen MR) is 69.2 cm³/mol. The Balaban J connectivity index is 2.19. The highest BCUT2D eigenvalue weighted by Crippen LogP contribution is 2.26. The zero-order valence-electron chi connectivity index (χ0n) is 11.6. The number of rotatable bonds is 0. The molecule has 1 aromatic rings. The van der Waals surface area contributed by atoms with E-state index in [1.165, 1.54) is 0 Å². The van der Waals surface area contributed by atoms with Crippen molar-refractivity contribution in [2.24, 2.45) is 0 Å². The minimum atomic E-state index is -0.508. The van der Waals surface area contributed by atoms with Crippen LogP contribution in [0.15, 0.2) is 6.07 Å². The fourth-order valence-electron chi connectivity index (χ4n) is 2.05. The third-order valence-corrected chi connectivity index (χ3v) is 2.89. The first-order chi connectivity index (χ1) is 8.80. The van der Waals surface area contributed by atoms with Crippen LogP contribution in [0.3, 0.4) is 0 Å². The molecule has 1 aliphatic rings. The Kier molecular flexibility index (Phi) is 3.19. The molecule has 0 aliphatic carbocycles. The Hall–Kier alpha value is -2.09. The van der Waals surface area contributed by atoms with Crippen molar-refractivity contribution in [3.63, 3.8) is 0 Å². The van der Waals surface area contributed by atoms with Gasteiger partial charge in [0.25, 0.3) is 0 Å². The topological polar surface area (TPSA) is 66.2 Å². The van der Waals surface area contributed by atoms with Gasteiger partial charge < -0.3 is 4.74 Å². The minimum absolute atomic E-state index is 0.344. The normalized spacial score (nSPS) is 13.9. The summed E-state index contributed by atoms with van der Waals surface area (Å²) in [7, 11) is 0. The largest absolute Gasteiger partial charge is 0.444 e. The molecule has 0 bridgehead atoms. The fourth-order valence-corrected chi connectivity index (χ4v) is 2.05. The van der Waals surface area contributed by atoms with Gasteiger partial charge in [-0.05, 0) is 44.9 Å². The van der Waals surface area contributed by atoms with E-state index in [-0.39, 0.29) is 6.09 Å². The van der Waals surface area contributed by atoms with E-state index in [4.69, 9.17) is 10.00 Å². The SMILES string of the molecule is Cc1cc(C#N)nc2c1CN(C(=O)OC(C)(C)C)C2. The van der Waals surface area contributed by atoms with E-state index >= 15 is 0 Å². The first-order valence-corrected chi connectivity index (χ1v) is 6.17. The highest BCUT2D eigenvalue weighted by Gasteiger charge is 2.29. The van der Waals surface area contributed by atoms with Gasteiger partial charge in [0, 0.05) is 0 Å². The van der Waals surface area contributed by atoms with Crippen LogP contribution in [0, 0.1) is 18.3 Å². The third-order valence-electron chi connectivity index (χ3n) is 2.89. The maximum Gasteiger partial charge on any atom is 0.410 e. The summed E-state index contributed by atoms with van der Waals surface area (Å²) in [4.78, 5) is 17.9. The van der Waals surface area contributed by atoms with Crippen LogP contribution in [-0.2, 0) is 17.8 Å². The number of hydrogen-bond acceptors (Lipinski definition) is 4. The van der Waals surface area contributed by atoms with Gasteiger partial charge in [-0.2, -0.15) is 5.26 Å². The number of nitriles is 1. The fraction of sp³-hybridized carbons (Fsp3) is 0.500. The van der Waals surface area contributed by atoms with E-state index in [1.54, 1.807) is 11.0 Å². The maximum absolute atomic E-state index is 12.0. The van der Waals surface area contributed by atoms with Crippen molar-refractivity contribution in [3.8, 4) is 6.07 Å². The zero-order valence-corrected chi connectivity index (χ0v) is 11.6. The Bertz CT molecular complexity index is 567. The van der Waals surface area contributed by atoms with Gasteiger partial charge in [0.1, 0.15) is 17.4 Å². The molecular formula is C14H17N3O2. The lowest BCUT2D eigenvalue weighted by atomic mass is 10.1. The summed E-state index contributed by atoms with van der Waals surface area (Å²) in [5.74, 6) is 0. The van der Waals surface area contributed by atoms with E-state index in [0.29, 0.717) is 18.8 Å². The number of fused-ring (bicyclic) bond motifs is 1. The molecule has 0 aromatic carbocycles. The van der Waals surface area contributed by atoms with Gasteiger partial charge in [0.05, 0.1) is 18.8 Å². The Morgan fingerprint density at radius 3 is 2.74 bits per heavy atom. The first-order valence-electron chi connectivity index (χ1n) is 6.17. The Morgan fingerprint density at radius 1 is 1.47 bits per heavy atom. The molecule has 100 valence electrons. The molecule has 0 unspecified atom stereocenters. The van der Waals surface area contributed by atoms with Gasteiger partial charge in [-0.1, -0.05) is 0 Å². The van der Waals surface area contributed by atoms with Gasteiger partial charge in [0.15, 0.2) is 0 Å². The number of amides is 1. The number of pyridine rings is 1. The average molecular weight is 259 g/mol. The van der Waals surface area contributed by atoms with E-state index in [0.717, 1.165) is 16.8 Å². The highest BCUT2D eigenvalue weighted by molar-refractivity contribution is 5.69. The van der Waals surface area contributed by atoms with Gasteiger partial charge in [-0.25, -0.2) is 9.78 Å². The van der Waals surface area contributed by atoms with Crippen molar-refractivity contribution < 1.29 is 9.53 Å². The smallest absolute Gasteiger partial charge is 0.410 e. The molecule has 0 saturated heterocycles. The molecule has 0 fully saturated rings. The van der Waals surface area contributed by atoms with Crippen molar-refractivity contribution in [1.82, 2.24) is 9.88 Å². The van der Waals surface area contributed by atoms with E-state index in [1.807, 2.05) is 33.8 Å². The van der Waals surface area contributed by atoms with Crippen molar-refractivity contribution >= 4 is 6.09 Å². The summed E-state index contributed by atoms with van der Waals surface area (Å²) >= 11 is 0. The molecule has 1 aliphatic heterocycles. The molecule has 1 aromatic heterocycles. The van der Waals surface area contributed by atoms with Crippen molar-refractivity contribution in [2.45, 2.75) is 46.4 Å². The second-order valence-corrected chi connectivity index (χ2v) is 5.70. The van der Waals surface area contributed by atoms with Crippen LogP contribution in [0.4, 0.5) is 4.79 Å². The molecule has 0 spiro atoms. The van der Waals surface area contributed by atoms with Gasteiger partial charge in [0.2, 0.25) is 0 Å². The quantitative estimate of drug-likeness (QED) is 0.718. The summed E-state index contributed by atoms with van der Waals surface area (Å²) in [6, 6.07) is 3.78. The lowest BCUT2D eigenvalue weighted by Crippen LogP contribution is -2.33. The molecule has 0 radical (unpaired) electrons. The molecule has 0 saturated carbocycles. The van der Waals surface area contributed by atoms with Crippen LogP contribution in [0.1, 0.15) is 43.3 Å². The van der Waals surface area contributed by atoms with Crippen LogP contribution in [-0.4, -0.2) is 21.6 Å². The standard InChI is InChI=1S/C14H17N3O2/c1-9-5-10(6-15)16-12-8-17(7-11(9)12)13(18)19-14(2,3)4/h5H,7-8H2,1-4H3. The molecule has 2 rings (SSSR count). The second kappa shape index (κ2) is 4.54. The van der Waals surface area contributed by atoms with E-state index < -0.39 is 5.60 Å². The third kappa shape index (κ3) is 2.84. The number of nitrogens with zero attached hydrogens (tertiary/aromatic N) is 3. The number of ether oxygens (including phenoxy) is 1. The summed E-state index contributed by atoms with van der Waals surface area (Å²) in [6.45, 7) is 8.34. The van der Waals surface area contributed by atoms with Crippen LogP contribution >= 0.6 is 0 Å². The van der Waals surface area contributed by atoms with Crippen LogP contribution in [0.25, 0.3) is 0 Å². The van der Waals surface area contributed by atoms with Crippen molar-refractivity contribution in [1.29, 1.82) is 5.26 Å². The molecule has 0 atom stereocenters. The van der Waals surface area contributed by atoms with Crippen molar-refractivity contribution in [2.75, 3.05) is 0 Å². The lowest BCUT2D eigenvalue weighted by molar-refractivity contribution is 0.0240. The lowest BCUT2D eigenvalue weighted by Gasteiger charge is -2.24. The molecule has 5 nitrogen and oxygen atoms in total. The first kappa shape index (κ1) is 13.3. The molecule has 0 N–H and O–H groups in total. The monoisotopic (exact) mass is 259 g/mol. The number of carbonyl (C=O) groups excluding carboxylic acids is 1. The molecular weight excluding hydrogens is 242 g/mol. The molecule has 2 heterocycles. The van der Waals surface area contributed by atoms with Crippen LogP contribution in [0.5, 0.6) is 0 Å². The van der Waals surface area contributed by atoms with Gasteiger partial charge in [-0.3, -0.25) is 4.90 Å². The van der Waals surface area contributed by atoms with Gasteiger partial charge >= 0.3 is 6.09 Å². The summed E-state index contributed by atoms with van der Waals surface area (Å²) in [5, 5.41) is 8.90. The van der Waals surface area contributed by atoms with Crippen molar-refractivity contribution in [3.05, 3.63) is 28.6 Å². The predicted octanol–water partition coefficient (Wildman–Crippen LogP) is 2.51. The second-order valence-electron chi connectivity index (χ2n) is 5.70. The summed E-state index contributed by atoms with van der Waals surface area (Å²) in [5.41, 5.74) is 2.69. The maximum atomic E-state index is 12.0. The van der Waals surface area contributed by atoms with Crippen LogP contribution < -0.4 is 0 Å². The van der Waals surface area contributed by atoms with Crippen LogP contribution in [0.2, 0.25) is 0 Å². The number of aryl methyl sites for hydroxylation is 1. The average Bonchev–Trinajstić information content (AvgIpc) is 2.71. The van der Waals surface area contributed by atoms with E-state index in [9.17, 15) is 4.79 Å². The summed E-state index contributed by atoms with van der Waals surface area (Å²) < 4.78 is 5.34. The Morgan fingerprint density at radius 2 is 2.16 bits per heavy atom. The summed E-state index contributed by atoms with van der Waals surface area (Å²) in [6.07, 6.45) is -0.344. The molecule has 5 heteroatoms. The minimum Gasteiger partial charge on any atom is -0.444 e. The van der Waals surface area contributed by atoms with E-state index in [2.05, 4.69) is 4.98 Å². The number of hydrogen-bond donors (Lipinski definition) is 0. The molecule has 1 amide bonds. The number of aromatic nitrogens is 1. The molecule has 19 heavy (non-hydrogen) atoms. The number of carbonyl (C=O) groups is 1. The van der Waals surface area contributed by atoms with Gasteiger partial charge in [-0.15, -0.1) is 0 Å². The highest BCUT2D eigenvalue weighted by atomic mass is 16.6.